The van der Waals surface area contributed by atoms with E-state index in [0.717, 1.165) is 10.9 Å². The van der Waals surface area contributed by atoms with Crippen LogP contribution in [0.15, 0.2) is 42.6 Å². The molecule has 4 nitrogen and oxygen atoms in total. The summed E-state index contributed by atoms with van der Waals surface area (Å²) >= 11 is 0. The van der Waals surface area contributed by atoms with Gasteiger partial charge in [0.25, 0.3) is 0 Å². The molecule has 23 heavy (non-hydrogen) atoms. The molecule has 2 heterocycles. The van der Waals surface area contributed by atoms with Crippen molar-refractivity contribution in [3.05, 3.63) is 54.0 Å². The highest BCUT2D eigenvalue weighted by atomic mass is 19.1. The number of nitrogens with zero attached hydrogens (tertiary/aromatic N) is 1. The number of fused-ring (bicyclic) bond motifs is 2. The van der Waals surface area contributed by atoms with Crippen LogP contribution in [-0.4, -0.2) is 21.8 Å². The Balaban J connectivity index is 0.000000753. The quantitative estimate of drug-likeness (QED) is 0.679. The van der Waals surface area contributed by atoms with Crippen molar-refractivity contribution in [2.75, 3.05) is 0 Å². The molecule has 0 unspecified atom stereocenters. The number of aromatic hydroxyl groups is 1. The molecule has 2 N–H and O–H groups in total. The van der Waals surface area contributed by atoms with Gasteiger partial charge in [0, 0.05) is 11.6 Å². The minimum Gasteiger partial charge on any atom is -0.508 e. The molecule has 0 saturated heterocycles. The molecule has 1 aromatic heterocycles. The van der Waals surface area contributed by atoms with E-state index in [4.69, 9.17) is 4.65 Å². The summed E-state index contributed by atoms with van der Waals surface area (Å²) < 4.78 is 21.1. The summed E-state index contributed by atoms with van der Waals surface area (Å²) in [6.45, 7) is 4.22. The lowest BCUT2D eigenvalue weighted by Gasteiger charge is -2.09. The van der Waals surface area contributed by atoms with E-state index in [1.165, 1.54) is 6.07 Å². The van der Waals surface area contributed by atoms with Crippen LogP contribution in [0.1, 0.15) is 19.4 Å². The van der Waals surface area contributed by atoms with Crippen LogP contribution in [0, 0.1) is 5.82 Å². The van der Waals surface area contributed by atoms with Crippen molar-refractivity contribution in [3.63, 3.8) is 0 Å². The number of phenolic OH excluding ortho intramolecular Hbond substituents is 1. The van der Waals surface area contributed by atoms with Crippen molar-refractivity contribution < 1.29 is 19.2 Å². The van der Waals surface area contributed by atoms with E-state index < -0.39 is 7.12 Å². The Hall–Kier alpha value is -2.31. The first-order chi connectivity index (χ1) is 11.1. The van der Waals surface area contributed by atoms with Crippen molar-refractivity contribution in [3.8, 4) is 11.4 Å². The van der Waals surface area contributed by atoms with Crippen LogP contribution in [0.3, 0.4) is 0 Å². The van der Waals surface area contributed by atoms with Gasteiger partial charge in [-0.15, -0.1) is 0 Å². The maximum Gasteiger partial charge on any atom is 0.491 e. The summed E-state index contributed by atoms with van der Waals surface area (Å²) in [5.41, 5.74) is 2.38. The molecule has 118 valence electrons. The molecule has 0 atom stereocenters. The van der Waals surface area contributed by atoms with Gasteiger partial charge < -0.3 is 19.4 Å². The highest BCUT2D eigenvalue weighted by molar-refractivity contribution is 6.61. The van der Waals surface area contributed by atoms with Gasteiger partial charge in [0.05, 0.1) is 17.8 Å². The SMILES string of the molecule is CC.OB1OCc2cc(F)c(-n3ccc4cc(O)ccc43)cc21. The summed E-state index contributed by atoms with van der Waals surface area (Å²) in [7, 11) is -1.01. The van der Waals surface area contributed by atoms with Gasteiger partial charge in [0.15, 0.2) is 0 Å². The molecule has 3 aromatic rings. The van der Waals surface area contributed by atoms with E-state index in [0.29, 0.717) is 16.7 Å². The minimum absolute atomic E-state index is 0.165. The summed E-state index contributed by atoms with van der Waals surface area (Å²) in [5, 5.41) is 20.1. The van der Waals surface area contributed by atoms with Crippen molar-refractivity contribution in [2.24, 2.45) is 0 Å². The Morgan fingerprint density at radius 3 is 2.74 bits per heavy atom. The number of halogens is 1. The van der Waals surface area contributed by atoms with Gasteiger partial charge in [-0.1, -0.05) is 13.8 Å². The number of aromatic nitrogens is 1. The predicted octanol–water partition coefficient (Wildman–Crippen LogP) is 2.72. The molecule has 2 aromatic carbocycles. The standard InChI is InChI=1S/C15H11BFNO3.C2H6/c17-13-6-10-8-21-16(20)12(10)7-15(13)18-4-3-9-5-11(19)1-2-14(9)18;1-2/h1-7,19-20H,8H2;1-2H3. The average Bonchev–Trinajstić information content (AvgIpc) is 3.12. The van der Waals surface area contributed by atoms with Crippen molar-refractivity contribution >= 4 is 23.5 Å². The van der Waals surface area contributed by atoms with Gasteiger partial charge in [-0.25, -0.2) is 4.39 Å². The number of hydrogen-bond donors (Lipinski definition) is 2. The molecule has 0 amide bonds. The zero-order valence-corrected chi connectivity index (χ0v) is 13.0. The van der Waals surface area contributed by atoms with Gasteiger partial charge in [-0.05, 0) is 47.4 Å². The second kappa shape index (κ2) is 6.06. The summed E-state index contributed by atoms with van der Waals surface area (Å²) in [4.78, 5) is 0. The monoisotopic (exact) mass is 313 g/mol. The first kappa shape index (κ1) is 15.6. The van der Waals surface area contributed by atoms with Crippen molar-refractivity contribution in [2.45, 2.75) is 20.5 Å². The van der Waals surface area contributed by atoms with Gasteiger partial charge in [0.1, 0.15) is 11.6 Å². The molecule has 1 aliphatic heterocycles. The van der Waals surface area contributed by atoms with Crippen molar-refractivity contribution in [1.82, 2.24) is 4.57 Å². The van der Waals surface area contributed by atoms with Crippen LogP contribution in [0.2, 0.25) is 0 Å². The molecule has 0 aliphatic carbocycles. The van der Waals surface area contributed by atoms with E-state index in [2.05, 4.69) is 0 Å². The lowest BCUT2D eigenvalue weighted by molar-refractivity contribution is 0.275. The largest absolute Gasteiger partial charge is 0.508 e. The Morgan fingerprint density at radius 2 is 1.96 bits per heavy atom. The van der Waals surface area contributed by atoms with Gasteiger partial charge >= 0.3 is 7.12 Å². The molecular weight excluding hydrogens is 296 g/mol. The smallest absolute Gasteiger partial charge is 0.491 e. The predicted molar refractivity (Wildman–Crippen MR) is 88.6 cm³/mol. The summed E-state index contributed by atoms with van der Waals surface area (Å²) in [6.07, 6.45) is 1.73. The third kappa shape index (κ3) is 2.60. The van der Waals surface area contributed by atoms with E-state index in [-0.39, 0.29) is 18.2 Å². The normalized spacial score (nSPS) is 13.0. The van der Waals surface area contributed by atoms with E-state index in [9.17, 15) is 14.5 Å². The Labute approximate surface area is 133 Å². The Morgan fingerprint density at radius 1 is 1.17 bits per heavy atom. The highest BCUT2D eigenvalue weighted by Crippen LogP contribution is 2.26. The van der Waals surface area contributed by atoms with Gasteiger partial charge in [-0.2, -0.15) is 0 Å². The third-order valence-corrected chi connectivity index (χ3v) is 3.80. The molecule has 1 aliphatic rings. The highest BCUT2D eigenvalue weighted by Gasteiger charge is 2.29. The fourth-order valence-corrected chi connectivity index (χ4v) is 2.76. The summed E-state index contributed by atoms with van der Waals surface area (Å²) in [6, 6.07) is 9.71. The fourth-order valence-electron chi connectivity index (χ4n) is 2.76. The lowest BCUT2D eigenvalue weighted by atomic mass is 9.79. The lowest BCUT2D eigenvalue weighted by Crippen LogP contribution is -2.28. The molecule has 0 radical (unpaired) electrons. The van der Waals surface area contributed by atoms with Crippen LogP contribution in [-0.2, 0) is 11.3 Å². The maximum atomic E-state index is 14.3. The number of hydrogen-bond acceptors (Lipinski definition) is 3. The first-order valence-electron chi connectivity index (χ1n) is 7.56. The topological polar surface area (TPSA) is 54.6 Å². The van der Waals surface area contributed by atoms with Crippen LogP contribution >= 0.6 is 0 Å². The molecule has 0 fully saturated rings. The molecule has 6 heteroatoms. The molecule has 0 saturated carbocycles. The van der Waals surface area contributed by atoms with Crippen LogP contribution in [0.25, 0.3) is 16.6 Å². The molecule has 0 spiro atoms. The van der Waals surface area contributed by atoms with E-state index in [1.807, 2.05) is 13.8 Å². The zero-order valence-electron chi connectivity index (χ0n) is 13.0. The average molecular weight is 313 g/mol. The first-order valence-corrected chi connectivity index (χ1v) is 7.56. The Kier molecular flexibility index (Phi) is 4.11. The van der Waals surface area contributed by atoms with Crippen molar-refractivity contribution in [1.29, 1.82) is 0 Å². The van der Waals surface area contributed by atoms with Crippen LogP contribution in [0.5, 0.6) is 5.75 Å². The Bertz CT molecular complexity index is 862. The molecule has 0 bridgehead atoms. The van der Waals surface area contributed by atoms with Gasteiger partial charge in [-0.3, -0.25) is 0 Å². The summed E-state index contributed by atoms with van der Waals surface area (Å²) in [5.74, 6) is -0.212. The maximum absolute atomic E-state index is 14.3. The third-order valence-electron chi connectivity index (χ3n) is 3.80. The zero-order chi connectivity index (χ0) is 16.6. The van der Waals surface area contributed by atoms with Crippen LogP contribution in [0.4, 0.5) is 4.39 Å². The molecule has 4 rings (SSSR count). The van der Waals surface area contributed by atoms with E-state index in [1.54, 1.807) is 41.1 Å². The minimum atomic E-state index is -1.01. The second-order valence-electron chi connectivity index (χ2n) is 5.09. The number of phenols is 1. The second-order valence-corrected chi connectivity index (χ2v) is 5.09. The van der Waals surface area contributed by atoms with Gasteiger partial charge in [0.2, 0.25) is 0 Å². The number of rotatable bonds is 1. The van der Waals surface area contributed by atoms with E-state index >= 15 is 0 Å². The molecular formula is C17H17BFNO3. The van der Waals surface area contributed by atoms with Crippen LogP contribution < -0.4 is 5.46 Å². The fraction of sp³-hybridized carbons (Fsp3) is 0.176. The number of benzene rings is 2.